The van der Waals surface area contributed by atoms with Crippen LogP contribution in [-0.2, 0) is 11.3 Å². The largest absolute Gasteiger partial charge is 0.478 e. The van der Waals surface area contributed by atoms with Gasteiger partial charge in [0.05, 0.1) is 16.6 Å². The van der Waals surface area contributed by atoms with Gasteiger partial charge < -0.3 is 15.0 Å². The molecule has 100 valence electrons. The van der Waals surface area contributed by atoms with Crippen molar-refractivity contribution in [2.45, 2.75) is 6.54 Å². The highest BCUT2D eigenvalue weighted by molar-refractivity contribution is 6.01. The molecular weight excluding hydrogens is 250 g/mol. The Labute approximate surface area is 108 Å². The van der Waals surface area contributed by atoms with Crippen molar-refractivity contribution < 1.29 is 14.7 Å². The van der Waals surface area contributed by atoms with Crippen molar-refractivity contribution in [1.82, 2.24) is 14.5 Å². The summed E-state index contributed by atoms with van der Waals surface area (Å²) in [6.45, 7) is -0.130. The summed E-state index contributed by atoms with van der Waals surface area (Å²) in [4.78, 5) is 38.4. The summed E-state index contributed by atoms with van der Waals surface area (Å²) in [6, 6.07) is 4.54. The van der Waals surface area contributed by atoms with Gasteiger partial charge in [-0.25, -0.2) is 9.59 Å². The number of carboxylic acids is 1. The van der Waals surface area contributed by atoms with Crippen molar-refractivity contribution >= 4 is 22.9 Å². The minimum atomic E-state index is -1.13. The fourth-order valence-corrected chi connectivity index (χ4v) is 1.79. The Morgan fingerprint density at radius 2 is 2.05 bits per heavy atom. The van der Waals surface area contributed by atoms with Gasteiger partial charge in [0.15, 0.2) is 0 Å². The number of carbonyl (C=O) groups is 2. The quantitative estimate of drug-likeness (QED) is 0.822. The van der Waals surface area contributed by atoms with Gasteiger partial charge in [-0.15, -0.1) is 0 Å². The van der Waals surface area contributed by atoms with E-state index in [9.17, 15) is 14.4 Å². The molecule has 2 rings (SSSR count). The standard InChI is InChI=1S/C12H13N3O4/c1-14(2)9(16)6-15-8-5-3-4-7(11(17)18)10(8)13-12(15)19/h3-5H,6H2,1-2H3,(H,13,19)(H,17,18). The van der Waals surface area contributed by atoms with E-state index < -0.39 is 11.7 Å². The summed E-state index contributed by atoms with van der Waals surface area (Å²) in [7, 11) is 3.18. The van der Waals surface area contributed by atoms with Crippen LogP contribution >= 0.6 is 0 Å². The molecule has 1 aromatic carbocycles. The number of aromatic carboxylic acids is 1. The first-order valence-electron chi connectivity index (χ1n) is 5.57. The molecule has 1 aromatic heterocycles. The number of H-pyrrole nitrogens is 1. The average molecular weight is 263 g/mol. The monoisotopic (exact) mass is 263 g/mol. The zero-order chi connectivity index (χ0) is 14.2. The third kappa shape index (κ3) is 2.22. The van der Waals surface area contributed by atoms with Gasteiger partial charge in [-0.2, -0.15) is 0 Å². The van der Waals surface area contributed by atoms with Crippen molar-refractivity contribution in [3.8, 4) is 0 Å². The molecule has 7 heteroatoms. The molecule has 2 N–H and O–H groups in total. The normalized spacial score (nSPS) is 10.6. The van der Waals surface area contributed by atoms with Crippen LogP contribution < -0.4 is 5.69 Å². The Hall–Kier alpha value is -2.57. The smallest absolute Gasteiger partial charge is 0.337 e. The number of aromatic amines is 1. The van der Waals surface area contributed by atoms with Crippen molar-refractivity contribution in [3.05, 3.63) is 34.2 Å². The minimum absolute atomic E-state index is 0.00523. The maximum atomic E-state index is 11.8. The molecule has 0 spiro atoms. The van der Waals surface area contributed by atoms with E-state index in [4.69, 9.17) is 5.11 Å². The summed E-state index contributed by atoms with van der Waals surface area (Å²) in [5.41, 5.74) is 0.135. The van der Waals surface area contributed by atoms with Gasteiger partial charge in [0.2, 0.25) is 5.91 Å². The number of hydrogen-bond donors (Lipinski definition) is 2. The third-order valence-corrected chi connectivity index (χ3v) is 2.83. The first-order valence-corrected chi connectivity index (χ1v) is 5.57. The number of nitrogens with one attached hydrogen (secondary N) is 1. The van der Waals surface area contributed by atoms with Crippen molar-refractivity contribution in [2.75, 3.05) is 14.1 Å². The molecule has 0 fully saturated rings. The number of carbonyl (C=O) groups excluding carboxylic acids is 1. The predicted molar refractivity (Wildman–Crippen MR) is 68.2 cm³/mol. The van der Waals surface area contributed by atoms with Gasteiger partial charge in [0.25, 0.3) is 0 Å². The number of para-hydroxylation sites is 1. The third-order valence-electron chi connectivity index (χ3n) is 2.83. The summed E-state index contributed by atoms with van der Waals surface area (Å²) < 4.78 is 1.23. The summed E-state index contributed by atoms with van der Waals surface area (Å²) in [5, 5.41) is 9.05. The van der Waals surface area contributed by atoms with Crippen LogP contribution in [0.2, 0.25) is 0 Å². The fraction of sp³-hybridized carbons (Fsp3) is 0.250. The SMILES string of the molecule is CN(C)C(=O)Cn1c(=O)[nH]c2c(C(=O)O)cccc21. The van der Waals surface area contributed by atoms with Gasteiger partial charge in [0.1, 0.15) is 6.54 Å². The number of fused-ring (bicyclic) bond motifs is 1. The van der Waals surface area contributed by atoms with E-state index in [0.717, 1.165) is 0 Å². The lowest BCUT2D eigenvalue weighted by Gasteiger charge is -2.10. The second kappa shape index (κ2) is 4.60. The van der Waals surface area contributed by atoms with Crippen LogP contribution in [-0.4, -0.2) is 45.5 Å². The van der Waals surface area contributed by atoms with E-state index in [1.165, 1.54) is 21.6 Å². The topological polar surface area (TPSA) is 95.4 Å². The highest BCUT2D eigenvalue weighted by Crippen LogP contribution is 2.15. The molecule has 0 aliphatic rings. The van der Waals surface area contributed by atoms with Gasteiger partial charge in [-0.1, -0.05) is 6.07 Å². The molecule has 1 amide bonds. The van der Waals surface area contributed by atoms with Crippen LogP contribution in [0.1, 0.15) is 10.4 Å². The Balaban J connectivity index is 2.60. The zero-order valence-electron chi connectivity index (χ0n) is 10.5. The number of imidazole rings is 1. The number of carboxylic acid groups (broad SMARTS) is 1. The highest BCUT2D eigenvalue weighted by Gasteiger charge is 2.16. The molecule has 0 unspecified atom stereocenters. The first-order chi connectivity index (χ1) is 8.91. The van der Waals surface area contributed by atoms with Crippen LogP contribution in [0.3, 0.4) is 0 Å². The lowest BCUT2D eigenvalue weighted by molar-refractivity contribution is -0.129. The number of aromatic nitrogens is 2. The van der Waals surface area contributed by atoms with Crippen LogP contribution in [0.25, 0.3) is 11.0 Å². The molecule has 0 radical (unpaired) electrons. The Morgan fingerprint density at radius 3 is 2.63 bits per heavy atom. The zero-order valence-corrected chi connectivity index (χ0v) is 10.5. The first kappa shape index (κ1) is 12.9. The summed E-state index contributed by atoms with van der Waals surface area (Å²) in [6.07, 6.45) is 0. The molecule has 1 heterocycles. The van der Waals surface area contributed by atoms with Crippen molar-refractivity contribution in [2.24, 2.45) is 0 Å². The number of hydrogen-bond acceptors (Lipinski definition) is 3. The number of amides is 1. The molecule has 0 bridgehead atoms. The number of nitrogens with zero attached hydrogens (tertiary/aromatic N) is 2. The molecule has 7 nitrogen and oxygen atoms in total. The second-order valence-electron chi connectivity index (χ2n) is 4.31. The molecule has 0 aliphatic carbocycles. The van der Waals surface area contributed by atoms with Crippen molar-refractivity contribution in [1.29, 1.82) is 0 Å². The van der Waals surface area contributed by atoms with Crippen molar-refractivity contribution in [3.63, 3.8) is 0 Å². The van der Waals surface area contributed by atoms with Gasteiger partial charge in [0, 0.05) is 14.1 Å². The van der Waals surface area contributed by atoms with Gasteiger partial charge in [-0.05, 0) is 12.1 Å². The number of likely N-dealkylation sites (N-methyl/N-ethyl adjacent to an activating group) is 1. The van der Waals surface area contributed by atoms with E-state index in [1.807, 2.05) is 0 Å². The van der Waals surface area contributed by atoms with Gasteiger partial charge >= 0.3 is 11.7 Å². The van der Waals surface area contributed by atoms with E-state index in [-0.39, 0.29) is 23.5 Å². The molecule has 19 heavy (non-hydrogen) atoms. The molecule has 0 aliphatic heterocycles. The Morgan fingerprint density at radius 1 is 1.37 bits per heavy atom. The fourth-order valence-electron chi connectivity index (χ4n) is 1.79. The number of rotatable bonds is 3. The average Bonchev–Trinajstić information content (AvgIpc) is 2.65. The molecule has 2 aromatic rings. The maximum Gasteiger partial charge on any atom is 0.337 e. The molecule has 0 saturated heterocycles. The van der Waals surface area contributed by atoms with E-state index in [0.29, 0.717) is 5.52 Å². The van der Waals surface area contributed by atoms with Crippen LogP contribution in [0.5, 0.6) is 0 Å². The molecular formula is C12H13N3O4. The maximum absolute atomic E-state index is 11.8. The molecule has 0 atom stereocenters. The predicted octanol–water partition coefficient (Wildman–Crippen LogP) is 0.116. The Kier molecular flexibility index (Phi) is 3.12. The lowest BCUT2D eigenvalue weighted by Crippen LogP contribution is -2.30. The van der Waals surface area contributed by atoms with Crippen LogP contribution in [0, 0.1) is 0 Å². The lowest BCUT2D eigenvalue weighted by atomic mass is 10.2. The highest BCUT2D eigenvalue weighted by atomic mass is 16.4. The summed E-state index contributed by atoms with van der Waals surface area (Å²) >= 11 is 0. The van der Waals surface area contributed by atoms with E-state index in [2.05, 4.69) is 4.98 Å². The minimum Gasteiger partial charge on any atom is -0.478 e. The van der Waals surface area contributed by atoms with Gasteiger partial charge in [-0.3, -0.25) is 9.36 Å². The Bertz CT molecular complexity index is 711. The van der Waals surface area contributed by atoms with E-state index in [1.54, 1.807) is 20.2 Å². The number of benzene rings is 1. The van der Waals surface area contributed by atoms with Crippen LogP contribution in [0.4, 0.5) is 0 Å². The second-order valence-corrected chi connectivity index (χ2v) is 4.31. The molecule has 0 saturated carbocycles. The van der Waals surface area contributed by atoms with Crippen LogP contribution in [0.15, 0.2) is 23.0 Å². The summed E-state index contributed by atoms with van der Waals surface area (Å²) in [5.74, 6) is -1.37. The van der Waals surface area contributed by atoms with E-state index >= 15 is 0 Å².